The highest BCUT2D eigenvalue weighted by atomic mass is 31.2. The second kappa shape index (κ2) is 35.1. The smallest absolute Gasteiger partial charge is 0.171 e. The van der Waals surface area contributed by atoms with Gasteiger partial charge in [0.05, 0.1) is 27.9 Å². The summed E-state index contributed by atoms with van der Waals surface area (Å²) in [7, 11) is -3.08. The van der Waals surface area contributed by atoms with Crippen molar-refractivity contribution in [2.75, 3.05) is 9.80 Å². The molecule has 0 spiro atoms. The van der Waals surface area contributed by atoms with Gasteiger partial charge in [-0.25, -0.2) is 4.98 Å². The molecule has 0 radical (unpaired) electrons. The van der Waals surface area contributed by atoms with Crippen molar-refractivity contribution in [3.05, 3.63) is 499 Å². The number of anilines is 6. The average Bonchev–Trinajstić information content (AvgIpc) is 1.72. The third-order valence-corrected chi connectivity index (χ3v) is 30.5. The summed E-state index contributed by atoms with van der Waals surface area (Å²) >= 11 is 0. The van der Waals surface area contributed by atoms with Gasteiger partial charge in [0.2, 0.25) is 0 Å². The molecular formula is C131H99N4OP. The molecule has 2 heterocycles. The monoisotopic (exact) mass is 1770 g/mol. The fourth-order valence-corrected chi connectivity index (χ4v) is 24.3. The zero-order valence-corrected chi connectivity index (χ0v) is 78.8. The van der Waals surface area contributed by atoms with Gasteiger partial charge in [-0.2, -0.15) is 0 Å². The van der Waals surface area contributed by atoms with Crippen molar-refractivity contribution >= 4 is 182 Å². The summed E-state index contributed by atoms with van der Waals surface area (Å²) in [6, 6.07) is 164. The van der Waals surface area contributed by atoms with Crippen LogP contribution in [-0.4, -0.2) is 9.38 Å². The van der Waals surface area contributed by atoms with Gasteiger partial charge in [-0.1, -0.05) is 358 Å². The lowest BCUT2D eigenvalue weighted by atomic mass is 9.85. The number of rotatable bonds is 13. The van der Waals surface area contributed by atoms with Crippen molar-refractivity contribution in [1.82, 2.24) is 9.38 Å². The lowest BCUT2D eigenvalue weighted by molar-refractivity contribution is 0.592. The molecule has 0 N–H and O–H groups in total. The van der Waals surface area contributed by atoms with E-state index in [2.05, 4.69) is 452 Å². The quantitative estimate of drug-likeness (QED) is 0.0655. The van der Waals surface area contributed by atoms with Crippen LogP contribution in [0.5, 0.6) is 0 Å². The van der Waals surface area contributed by atoms with E-state index in [0.717, 1.165) is 65.4 Å². The molecule has 0 saturated heterocycles. The molecule has 6 heteroatoms. The van der Waals surface area contributed by atoms with Crippen molar-refractivity contribution in [3.63, 3.8) is 0 Å². The third kappa shape index (κ3) is 15.6. The summed E-state index contributed by atoms with van der Waals surface area (Å²) in [6.07, 6.45) is 0. The molecule has 654 valence electrons. The summed E-state index contributed by atoms with van der Waals surface area (Å²) in [6.45, 7) is 17.6. The van der Waals surface area contributed by atoms with Crippen molar-refractivity contribution in [1.29, 1.82) is 0 Å². The lowest BCUT2D eigenvalue weighted by Crippen LogP contribution is -2.24. The topological polar surface area (TPSA) is 40.8 Å². The van der Waals surface area contributed by atoms with Gasteiger partial charge in [0.1, 0.15) is 5.65 Å². The fraction of sp³-hybridized carbons (Fsp3) is 0.0611. The zero-order chi connectivity index (χ0) is 92.7. The van der Waals surface area contributed by atoms with Crippen LogP contribution in [0.2, 0.25) is 0 Å². The van der Waals surface area contributed by atoms with Crippen molar-refractivity contribution in [2.24, 2.45) is 0 Å². The van der Waals surface area contributed by atoms with Gasteiger partial charge in [0.25, 0.3) is 0 Å². The van der Waals surface area contributed by atoms with Crippen LogP contribution in [0.15, 0.2) is 455 Å². The van der Waals surface area contributed by atoms with E-state index < -0.39 is 7.14 Å². The van der Waals surface area contributed by atoms with Crippen molar-refractivity contribution in [2.45, 2.75) is 55.4 Å². The number of para-hydroxylation sites is 2. The van der Waals surface area contributed by atoms with Gasteiger partial charge in [0, 0.05) is 60.2 Å². The maximum absolute atomic E-state index is 15.1. The number of aromatic nitrogens is 2. The Hall–Kier alpha value is -16.6. The van der Waals surface area contributed by atoms with E-state index in [0.29, 0.717) is 0 Å². The largest absolute Gasteiger partial charge is 0.310 e. The molecule has 5 nitrogen and oxygen atoms in total. The Balaban J connectivity index is 0.000000116. The first-order valence-electron chi connectivity index (χ1n) is 47.4. The molecule has 25 aromatic rings. The molecule has 2 aromatic heterocycles. The highest BCUT2D eigenvalue weighted by molar-refractivity contribution is 7.85. The summed E-state index contributed by atoms with van der Waals surface area (Å²) in [5.74, 6) is 0. The number of pyridine rings is 1. The Labute approximate surface area is 799 Å². The average molecular weight is 1780 g/mol. The number of hydrogen-bond acceptors (Lipinski definition) is 4. The second-order valence-corrected chi connectivity index (χ2v) is 39.9. The molecule has 25 rings (SSSR count). The number of fused-ring (bicyclic) bond motifs is 18. The number of hydrogen-bond donors (Lipinski definition) is 0. The first-order chi connectivity index (χ1) is 67.0. The summed E-state index contributed by atoms with van der Waals surface area (Å²) in [5, 5.41) is 25.8. The molecule has 0 fully saturated rings. The van der Waals surface area contributed by atoms with Gasteiger partial charge in [-0.05, 0) is 322 Å². The molecule has 0 unspecified atom stereocenters. The number of imidazole rings is 1. The van der Waals surface area contributed by atoms with Gasteiger partial charge in [-0.15, -0.1) is 0 Å². The van der Waals surface area contributed by atoms with E-state index in [4.69, 9.17) is 4.98 Å². The Morgan fingerprint density at radius 1 is 0.212 bits per heavy atom. The predicted octanol–water partition coefficient (Wildman–Crippen LogP) is 35.1. The highest BCUT2D eigenvalue weighted by Gasteiger charge is 2.31. The van der Waals surface area contributed by atoms with Gasteiger partial charge >= 0.3 is 0 Å². The Morgan fingerprint density at radius 2 is 0.569 bits per heavy atom. The van der Waals surface area contributed by atoms with E-state index in [1.807, 2.05) is 72.8 Å². The number of benzene rings is 23. The van der Waals surface area contributed by atoms with Crippen LogP contribution in [-0.2, 0) is 4.57 Å². The van der Waals surface area contributed by atoms with Crippen LogP contribution >= 0.6 is 7.14 Å². The molecule has 0 aliphatic rings. The van der Waals surface area contributed by atoms with Gasteiger partial charge in [0.15, 0.2) is 7.14 Å². The van der Waals surface area contributed by atoms with Crippen molar-refractivity contribution in [3.8, 4) is 44.5 Å². The molecule has 0 aliphatic carbocycles. The van der Waals surface area contributed by atoms with Gasteiger partial charge < -0.3 is 14.4 Å². The van der Waals surface area contributed by atoms with Crippen LogP contribution < -0.4 is 25.7 Å². The standard InChI is InChI=1S/C50H46N2.C41H27N2OP.C40H26/c1-31-17-32(2)22-39(21-31)51(40-23-33(3)18-34(4)24-40)49-29-47-44-14-10-12-16-46(44)50(30-48(47)43-13-9-11-15-45(43)49)52(41-25-35(5)19-36(6)26-41)42-27-37(7)20-38(8)28-42;44-45(32-11-3-1-4-12-32,33-13-5-2-6-14-33)34-23-21-28-19-20-29(25-31(28)26-34)30-22-24-36-35-15-7-8-16-37(35)41-42-38-17-9-10-18-39(38)43(41)40(36)27-30;1-2-12-31-26-32(25-20-27(31)10-1)40-37-17-7-5-15-35(37)39(36-16-6-8-18-38(36)40)30-23-21-29(22-24-30)34-19-9-13-28-11-3-4-14-33(28)34/h9-30H,1-8H3;1-27H;1-26H. The third-order valence-electron chi connectivity index (χ3n) is 27.4. The van der Waals surface area contributed by atoms with Gasteiger partial charge in [-0.3, -0.25) is 4.40 Å². The Morgan fingerprint density at radius 3 is 1.08 bits per heavy atom. The minimum absolute atomic E-state index is 0.834. The Kier molecular flexibility index (Phi) is 21.7. The fourth-order valence-electron chi connectivity index (χ4n) is 21.7. The van der Waals surface area contributed by atoms with Crippen LogP contribution in [0.1, 0.15) is 44.5 Å². The summed E-state index contributed by atoms with van der Waals surface area (Å²) in [4.78, 5) is 10.0. The van der Waals surface area contributed by atoms with Crippen LogP contribution in [0, 0.1) is 55.4 Å². The SMILES string of the molecule is Cc1cc(C)cc(N(c2cc(C)cc(C)c2)c2cc3c4ccccc4c(N(c4cc(C)cc(C)c4)c4cc(C)cc(C)c4)cc3c3ccccc23)c1.O=P(c1ccccc1)(c1ccccc1)c1ccc2ccc(-c3ccc4c5ccccc5c5nc6ccccc6n5c4c3)cc2c1.c1ccc2cc(-c3c4ccccc4c(-c4ccc(-c5cccc6ccccc56)cc4)c4ccccc34)ccc2c1. The second-order valence-electron chi connectivity index (χ2n) is 37.1. The molecule has 0 amide bonds. The molecule has 0 aliphatic heterocycles. The van der Waals surface area contributed by atoms with E-state index in [1.165, 1.54) is 198 Å². The van der Waals surface area contributed by atoms with Crippen LogP contribution in [0.4, 0.5) is 34.1 Å². The van der Waals surface area contributed by atoms with E-state index >= 15 is 4.57 Å². The van der Waals surface area contributed by atoms with Crippen LogP contribution in [0.25, 0.3) is 169 Å². The highest BCUT2D eigenvalue weighted by Crippen LogP contribution is 2.52. The first-order valence-corrected chi connectivity index (χ1v) is 49.1. The first kappa shape index (κ1) is 84.7. The maximum atomic E-state index is 15.1. The number of aryl methyl sites for hydroxylation is 8. The van der Waals surface area contributed by atoms with E-state index in [9.17, 15) is 0 Å². The summed E-state index contributed by atoms with van der Waals surface area (Å²) in [5.41, 5.74) is 31.1. The Bertz CT molecular complexity index is 8720. The summed E-state index contributed by atoms with van der Waals surface area (Å²) < 4.78 is 17.4. The normalized spacial score (nSPS) is 11.7. The van der Waals surface area contributed by atoms with Crippen molar-refractivity contribution < 1.29 is 4.57 Å². The minimum Gasteiger partial charge on any atom is -0.310 e. The molecule has 23 aromatic carbocycles. The molecule has 0 saturated carbocycles. The van der Waals surface area contributed by atoms with Crippen LogP contribution in [0.3, 0.4) is 0 Å². The van der Waals surface area contributed by atoms with E-state index in [-0.39, 0.29) is 0 Å². The zero-order valence-electron chi connectivity index (χ0n) is 77.9. The molecule has 0 bridgehead atoms. The predicted molar refractivity (Wildman–Crippen MR) is 589 cm³/mol. The molecule has 0 atom stereocenters. The molecule has 137 heavy (non-hydrogen) atoms. The maximum Gasteiger partial charge on any atom is 0.171 e. The lowest BCUT2D eigenvalue weighted by Gasteiger charge is -2.31. The van der Waals surface area contributed by atoms with E-state index in [1.54, 1.807) is 0 Å². The number of nitrogens with zero attached hydrogens (tertiary/aromatic N) is 4. The minimum atomic E-state index is -3.08. The molecular weight excluding hydrogens is 1680 g/mol.